The van der Waals surface area contributed by atoms with E-state index in [4.69, 9.17) is 17.0 Å². The lowest BCUT2D eigenvalue weighted by molar-refractivity contribution is -0.122. The van der Waals surface area contributed by atoms with Crippen molar-refractivity contribution < 1.29 is 19.1 Å². The summed E-state index contributed by atoms with van der Waals surface area (Å²) in [6, 6.07) is 24.7. The van der Waals surface area contributed by atoms with Crippen LogP contribution in [0, 0.1) is 5.92 Å². The van der Waals surface area contributed by atoms with Crippen LogP contribution >= 0.6 is 12.2 Å². The van der Waals surface area contributed by atoms with Gasteiger partial charge in [-0.25, -0.2) is 14.7 Å². The molecule has 1 heterocycles. The lowest BCUT2D eigenvalue weighted by atomic mass is 9.63. The minimum atomic E-state index is -1.37. The number of hydrogen-bond donors (Lipinski definition) is 0. The van der Waals surface area contributed by atoms with E-state index in [1.807, 2.05) is 36.4 Å². The number of carbonyl (C=O) groups excluding carboxylic acids is 3. The minimum absolute atomic E-state index is 0.0201. The fraction of sp³-hybridized carbons (Fsp3) is 0.172. The number of aliphatic imine (C=N–C) groups is 1. The molecular formula is C29H22N2O4S. The van der Waals surface area contributed by atoms with Gasteiger partial charge in [-0.2, -0.15) is 0 Å². The lowest BCUT2D eigenvalue weighted by Crippen LogP contribution is -2.51. The van der Waals surface area contributed by atoms with Crippen molar-refractivity contribution in [2.45, 2.75) is 24.5 Å². The van der Waals surface area contributed by atoms with Crippen molar-refractivity contribution in [2.75, 3.05) is 4.90 Å². The van der Waals surface area contributed by atoms with Crippen molar-refractivity contribution in [1.82, 2.24) is 0 Å². The lowest BCUT2D eigenvalue weighted by Gasteiger charge is -2.37. The van der Waals surface area contributed by atoms with E-state index in [1.54, 1.807) is 60.7 Å². The van der Waals surface area contributed by atoms with E-state index in [0.717, 1.165) is 10.5 Å². The van der Waals surface area contributed by atoms with Gasteiger partial charge in [-0.1, -0.05) is 91.0 Å². The van der Waals surface area contributed by atoms with Crippen molar-refractivity contribution >= 4 is 40.9 Å². The maximum atomic E-state index is 14.2. The number of carbonyl (C=O) groups is 3. The first-order chi connectivity index (χ1) is 17.6. The van der Waals surface area contributed by atoms with Crippen LogP contribution in [-0.4, -0.2) is 29.0 Å². The van der Waals surface area contributed by atoms with Gasteiger partial charge in [0.25, 0.3) is 5.91 Å². The Bertz CT molecular complexity index is 1400. The summed E-state index contributed by atoms with van der Waals surface area (Å²) in [7, 11) is 0. The highest BCUT2D eigenvalue weighted by atomic mass is 32.1. The number of ketones is 1. The van der Waals surface area contributed by atoms with Gasteiger partial charge in [-0.3, -0.25) is 9.59 Å². The number of nitrogens with zero attached hydrogens (tertiary/aromatic N) is 2. The first-order valence-electron chi connectivity index (χ1n) is 11.6. The number of para-hydroxylation sites is 1. The van der Waals surface area contributed by atoms with Crippen LogP contribution in [0.5, 0.6) is 0 Å². The summed E-state index contributed by atoms with van der Waals surface area (Å²) >= 11 is 4.79. The van der Waals surface area contributed by atoms with E-state index in [1.165, 1.54) is 0 Å². The molecule has 2 aliphatic rings. The molecule has 0 N–H and O–H groups in total. The van der Waals surface area contributed by atoms with Crippen LogP contribution in [-0.2, 0) is 21.6 Å². The number of ether oxygens (including phenoxy) is 1. The molecule has 3 aromatic carbocycles. The molecule has 1 spiro atoms. The number of hydrogen-bond acceptors (Lipinski definition) is 6. The number of fused-ring (bicyclic) bond motifs is 2. The normalized spacial score (nSPS) is 22.1. The van der Waals surface area contributed by atoms with Crippen molar-refractivity contribution in [3.05, 3.63) is 114 Å². The molecule has 0 unspecified atom stereocenters. The van der Waals surface area contributed by atoms with Crippen LogP contribution in [0.2, 0.25) is 0 Å². The third-order valence-electron chi connectivity index (χ3n) is 6.74. The van der Waals surface area contributed by atoms with Crippen molar-refractivity contribution in [1.29, 1.82) is 0 Å². The quantitative estimate of drug-likeness (QED) is 0.202. The molecule has 3 aromatic rings. The Morgan fingerprint density at radius 1 is 1.00 bits per heavy atom. The largest absolute Gasteiger partial charge is 0.444 e. The van der Waals surface area contributed by atoms with E-state index in [0.29, 0.717) is 16.8 Å². The average molecular weight is 495 g/mol. The van der Waals surface area contributed by atoms with Crippen molar-refractivity contribution in [3.8, 4) is 0 Å². The highest BCUT2D eigenvalue weighted by Crippen LogP contribution is 2.51. The number of amides is 2. The highest BCUT2D eigenvalue weighted by molar-refractivity contribution is 7.78. The summed E-state index contributed by atoms with van der Waals surface area (Å²) in [5.41, 5.74) is 0.909. The van der Waals surface area contributed by atoms with Crippen LogP contribution in [0.15, 0.2) is 102 Å². The van der Waals surface area contributed by atoms with Crippen molar-refractivity contribution in [2.24, 2.45) is 10.9 Å². The highest BCUT2D eigenvalue weighted by Gasteiger charge is 2.59. The summed E-state index contributed by atoms with van der Waals surface area (Å²) in [5, 5.41) is 2.38. The molecule has 3 atom stereocenters. The second-order valence-corrected chi connectivity index (χ2v) is 8.91. The Hall–Kier alpha value is -4.19. The van der Waals surface area contributed by atoms with Gasteiger partial charge in [0.1, 0.15) is 12.0 Å². The molecule has 0 saturated heterocycles. The number of imide groups is 1. The number of Topliss-reactive ketones (excluding diaryl/α,β-unsaturated/α-hetero) is 1. The third kappa shape index (κ3) is 3.98. The predicted molar refractivity (Wildman–Crippen MR) is 139 cm³/mol. The number of anilines is 1. The van der Waals surface area contributed by atoms with Crippen LogP contribution in [0.4, 0.5) is 10.5 Å². The number of rotatable bonds is 5. The van der Waals surface area contributed by atoms with Gasteiger partial charge < -0.3 is 4.74 Å². The molecule has 0 fully saturated rings. The van der Waals surface area contributed by atoms with Gasteiger partial charge in [0.05, 0.1) is 16.9 Å². The third-order valence-corrected chi connectivity index (χ3v) is 6.84. The Balaban J connectivity index is 1.57. The maximum absolute atomic E-state index is 14.2. The molecule has 0 aromatic heterocycles. The van der Waals surface area contributed by atoms with Gasteiger partial charge in [-0.15, -0.1) is 0 Å². The average Bonchev–Trinajstić information content (AvgIpc) is 3.17. The minimum Gasteiger partial charge on any atom is -0.444 e. The van der Waals surface area contributed by atoms with E-state index in [9.17, 15) is 14.4 Å². The van der Waals surface area contributed by atoms with E-state index >= 15 is 0 Å². The molecule has 7 heteroatoms. The smallest absolute Gasteiger partial charge is 0.421 e. The van der Waals surface area contributed by atoms with Gasteiger partial charge in [-0.05, 0) is 35.8 Å². The summed E-state index contributed by atoms with van der Waals surface area (Å²) in [6.07, 6.45) is 2.93. The summed E-state index contributed by atoms with van der Waals surface area (Å²) in [6.45, 7) is 0.0201. The van der Waals surface area contributed by atoms with Crippen LogP contribution in [0.25, 0.3) is 0 Å². The molecule has 36 heavy (non-hydrogen) atoms. The topological polar surface area (TPSA) is 76.0 Å². The monoisotopic (exact) mass is 494 g/mol. The standard InChI is InChI=1S/C29H22N2O4S/c32-26(21-11-5-2-6-12-21)24-17-22(30-19-36)15-16-29(24)23-13-7-8-14-25(23)31(27(29)33)28(34)35-18-20-9-3-1-4-10-20/h1-16,22,24H,17-18H2/t22-,24-,29-/m0/s1. The van der Waals surface area contributed by atoms with E-state index < -0.39 is 29.4 Å². The Labute approximate surface area is 213 Å². The Morgan fingerprint density at radius 3 is 2.39 bits per heavy atom. The molecule has 178 valence electrons. The van der Waals surface area contributed by atoms with Crippen LogP contribution < -0.4 is 4.90 Å². The molecule has 1 aliphatic carbocycles. The Kier molecular flexibility index (Phi) is 6.42. The SMILES string of the molecule is O=C(c1ccccc1)[C@@H]1C[C@@H](N=C=S)C=C[C@@]12C(=O)N(C(=O)OCc1ccccc1)c1ccccc12. The van der Waals surface area contributed by atoms with Crippen LogP contribution in [0.3, 0.4) is 0 Å². The number of thiocarbonyl (C=S) groups is 1. The molecule has 0 radical (unpaired) electrons. The molecule has 2 amide bonds. The van der Waals surface area contributed by atoms with Gasteiger partial charge in [0.2, 0.25) is 0 Å². The summed E-state index contributed by atoms with van der Waals surface area (Å²) < 4.78 is 5.53. The van der Waals surface area contributed by atoms with Crippen LogP contribution in [0.1, 0.15) is 27.9 Å². The number of benzene rings is 3. The zero-order chi connectivity index (χ0) is 25.1. The zero-order valence-electron chi connectivity index (χ0n) is 19.2. The summed E-state index contributed by atoms with van der Waals surface area (Å²) in [5.74, 6) is -1.52. The first-order valence-corrected chi connectivity index (χ1v) is 12.0. The predicted octanol–water partition coefficient (Wildman–Crippen LogP) is 5.54. The first kappa shape index (κ1) is 23.5. The van der Waals surface area contributed by atoms with Gasteiger partial charge >= 0.3 is 6.09 Å². The molecule has 1 aliphatic heterocycles. The molecule has 6 nitrogen and oxygen atoms in total. The fourth-order valence-corrected chi connectivity index (χ4v) is 5.19. The van der Waals surface area contributed by atoms with E-state index in [2.05, 4.69) is 10.2 Å². The maximum Gasteiger partial charge on any atom is 0.421 e. The molecule has 0 saturated carbocycles. The number of isothiocyanates is 1. The van der Waals surface area contributed by atoms with Gasteiger partial charge in [0, 0.05) is 11.5 Å². The molecular weight excluding hydrogens is 472 g/mol. The second kappa shape index (κ2) is 9.82. The molecule has 0 bridgehead atoms. The molecule has 5 rings (SSSR count). The van der Waals surface area contributed by atoms with Crippen molar-refractivity contribution in [3.63, 3.8) is 0 Å². The zero-order valence-corrected chi connectivity index (χ0v) is 20.1. The Morgan fingerprint density at radius 2 is 1.67 bits per heavy atom. The van der Waals surface area contributed by atoms with Gasteiger partial charge in [0.15, 0.2) is 5.78 Å². The summed E-state index contributed by atoms with van der Waals surface area (Å²) in [4.78, 5) is 46.5. The van der Waals surface area contributed by atoms with E-state index in [-0.39, 0.29) is 18.8 Å². The second-order valence-electron chi connectivity index (χ2n) is 8.73. The fourth-order valence-electron chi connectivity index (χ4n) is 5.06.